The highest BCUT2D eigenvalue weighted by atomic mass is 19.4. The number of hydrogen-bond donors (Lipinski definition) is 2. The first kappa shape index (κ1) is 13.8. The quantitative estimate of drug-likeness (QED) is 0.850. The maximum Gasteiger partial charge on any atom is 0.573 e. The lowest BCUT2D eigenvalue weighted by Gasteiger charge is -2.10. The van der Waals surface area contributed by atoms with Gasteiger partial charge in [-0.05, 0) is 24.3 Å². The zero-order valence-electron chi connectivity index (χ0n) is 9.78. The number of hydrogen-bond acceptors (Lipinski definition) is 5. The number of nitrogen functional groups attached to an aromatic ring is 1. The van der Waals surface area contributed by atoms with Gasteiger partial charge in [0.15, 0.2) is 11.6 Å². The highest BCUT2D eigenvalue weighted by Gasteiger charge is 2.30. The first-order valence-electron chi connectivity index (χ1n) is 5.24. The number of anilines is 3. The second kappa shape index (κ2) is 5.19. The van der Waals surface area contributed by atoms with Gasteiger partial charge >= 0.3 is 6.36 Å². The fourth-order valence-corrected chi connectivity index (χ4v) is 1.35. The summed E-state index contributed by atoms with van der Waals surface area (Å²) in [7, 11) is 0. The molecule has 1 aromatic carbocycles. The van der Waals surface area contributed by atoms with Crippen molar-refractivity contribution in [2.75, 3.05) is 11.1 Å². The van der Waals surface area contributed by atoms with Crippen LogP contribution in [-0.2, 0) is 0 Å². The molecular formula is C11H8F4N4O. The monoisotopic (exact) mass is 288 g/mol. The number of nitrogens with one attached hydrogen (secondary N) is 1. The molecule has 1 heterocycles. The molecule has 0 aliphatic rings. The van der Waals surface area contributed by atoms with Crippen LogP contribution in [0.3, 0.4) is 0 Å². The molecular weight excluding hydrogens is 280 g/mol. The van der Waals surface area contributed by atoms with Crippen LogP contribution in [0, 0.1) is 5.82 Å². The molecule has 2 rings (SSSR count). The van der Waals surface area contributed by atoms with Crippen LogP contribution in [0.25, 0.3) is 0 Å². The van der Waals surface area contributed by atoms with Crippen molar-refractivity contribution in [1.82, 2.24) is 9.97 Å². The lowest BCUT2D eigenvalue weighted by molar-refractivity contribution is -0.274. The number of benzene rings is 1. The summed E-state index contributed by atoms with van der Waals surface area (Å²) in [5.41, 5.74) is 5.62. The van der Waals surface area contributed by atoms with Crippen LogP contribution in [0.15, 0.2) is 30.5 Å². The van der Waals surface area contributed by atoms with Crippen molar-refractivity contribution >= 4 is 17.5 Å². The lowest BCUT2D eigenvalue weighted by atomic mass is 10.3. The Labute approximate surface area is 110 Å². The van der Waals surface area contributed by atoms with Crippen LogP contribution in [0.2, 0.25) is 0 Å². The number of ether oxygens (including phenoxy) is 1. The van der Waals surface area contributed by atoms with Gasteiger partial charge in [0.25, 0.3) is 0 Å². The Morgan fingerprint density at radius 3 is 2.40 bits per heavy atom. The van der Waals surface area contributed by atoms with E-state index in [0.29, 0.717) is 5.69 Å². The third kappa shape index (κ3) is 3.70. The van der Waals surface area contributed by atoms with Crippen molar-refractivity contribution in [3.05, 3.63) is 36.3 Å². The SMILES string of the molecule is Nc1ncc(F)c(Nc2ccc(OC(F)(F)F)cc2)n1. The molecule has 5 nitrogen and oxygen atoms in total. The number of aromatic nitrogens is 2. The minimum absolute atomic E-state index is 0.133. The van der Waals surface area contributed by atoms with Gasteiger partial charge in [-0.25, -0.2) is 9.37 Å². The van der Waals surface area contributed by atoms with Crippen LogP contribution >= 0.6 is 0 Å². The molecule has 1 aromatic heterocycles. The number of alkyl halides is 3. The van der Waals surface area contributed by atoms with Crippen molar-refractivity contribution in [3.63, 3.8) is 0 Å². The van der Waals surface area contributed by atoms with E-state index < -0.39 is 12.2 Å². The average Bonchev–Trinajstić information content (AvgIpc) is 2.34. The minimum atomic E-state index is -4.76. The van der Waals surface area contributed by atoms with Gasteiger partial charge in [-0.3, -0.25) is 0 Å². The van der Waals surface area contributed by atoms with Crippen LogP contribution in [-0.4, -0.2) is 16.3 Å². The fourth-order valence-electron chi connectivity index (χ4n) is 1.35. The summed E-state index contributed by atoms with van der Waals surface area (Å²) in [5.74, 6) is -1.44. The van der Waals surface area contributed by atoms with Gasteiger partial charge in [-0.1, -0.05) is 0 Å². The zero-order valence-corrected chi connectivity index (χ0v) is 9.78. The fraction of sp³-hybridized carbons (Fsp3) is 0.0909. The third-order valence-corrected chi connectivity index (χ3v) is 2.11. The van der Waals surface area contributed by atoms with Gasteiger partial charge in [-0.15, -0.1) is 13.2 Å². The van der Waals surface area contributed by atoms with Crippen LogP contribution in [0.1, 0.15) is 0 Å². The Bertz CT molecular complexity index is 600. The maximum absolute atomic E-state index is 13.3. The van der Waals surface area contributed by atoms with Gasteiger partial charge in [0.1, 0.15) is 5.75 Å². The van der Waals surface area contributed by atoms with Gasteiger partial charge in [0, 0.05) is 5.69 Å². The minimum Gasteiger partial charge on any atom is -0.406 e. The Hall–Kier alpha value is -2.58. The van der Waals surface area contributed by atoms with E-state index in [1.165, 1.54) is 12.1 Å². The number of nitrogens with two attached hydrogens (primary N) is 1. The summed E-state index contributed by atoms with van der Waals surface area (Å²) in [6.45, 7) is 0. The topological polar surface area (TPSA) is 73.1 Å². The van der Waals surface area contributed by atoms with E-state index in [1.54, 1.807) is 0 Å². The standard InChI is InChI=1S/C11H8F4N4O/c12-8-5-17-10(16)19-9(8)18-6-1-3-7(4-2-6)20-11(13,14)15/h1-5H,(H3,16,17,18,19). The molecule has 0 radical (unpaired) electrons. The number of rotatable bonds is 3. The molecule has 3 N–H and O–H groups in total. The Kier molecular flexibility index (Phi) is 3.59. The van der Waals surface area contributed by atoms with Crippen molar-refractivity contribution in [2.45, 2.75) is 6.36 Å². The largest absolute Gasteiger partial charge is 0.573 e. The maximum atomic E-state index is 13.3. The Morgan fingerprint density at radius 1 is 1.15 bits per heavy atom. The molecule has 9 heteroatoms. The molecule has 0 aliphatic carbocycles. The number of nitrogens with zero attached hydrogens (tertiary/aromatic N) is 2. The molecule has 0 aliphatic heterocycles. The van der Waals surface area contributed by atoms with E-state index in [1.807, 2.05) is 0 Å². The van der Waals surface area contributed by atoms with Crippen molar-refractivity contribution in [3.8, 4) is 5.75 Å². The molecule has 0 saturated carbocycles. The van der Waals surface area contributed by atoms with E-state index in [4.69, 9.17) is 5.73 Å². The van der Waals surface area contributed by atoms with Crippen LogP contribution in [0.4, 0.5) is 35.0 Å². The van der Waals surface area contributed by atoms with Crippen molar-refractivity contribution in [1.29, 1.82) is 0 Å². The van der Waals surface area contributed by atoms with E-state index >= 15 is 0 Å². The Morgan fingerprint density at radius 2 is 1.80 bits per heavy atom. The van der Waals surface area contributed by atoms with Gasteiger partial charge < -0.3 is 15.8 Å². The molecule has 0 saturated heterocycles. The van der Waals surface area contributed by atoms with Gasteiger partial charge in [0.2, 0.25) is 5.95 Å². The predicted octanol–water partition coefficient (Wildman–Crippen LogP) is 2.84. The molecule has 0 spiro atoms. The van der Waals surface area contributed by atoms with E-state index in [9.17, 15) is 17.6 Å². The normalized spacial score (nSPS) is 11.2. The van der Waals surface area contributed by atoms with Gasteiger partial charge in [0.05, 0.1) is 6.20 Å². The molecule has 106 valence electrons. The number of halogens is 4. The third-order valence-electron chi connectivity index (χ3n) is 2.11. The summed E-state index contributed by atoms with van der Waals surface area (Å²) in [6.07, 6.45) is -3.88. The second-order valence-corrected chi connectivity index (χ2v) is 3.62. The highest BCUT2D eigenvalue weighted by molar-refractivity contribution is 5.58. The molecule has 0 unspecified atom stereocenters. The van der Waals surface area contributed by atoms with Crippen molar-refractivity contribution in [2.24, 2.45) is 0 Å². The van der Waals surface area contributed by atoms with Crippen LogP contribution in [0.5, 0.6) is 5.75 Å². The van der Waals surface area contributed by atoms with E-state index in [2.05, 4.69) is 20.0 Å². The van der Waals surface area contributed by atoms with E-state index in [-0.39, 0.29) is 17.5 Å². The zero-order chi connectivity index (χ0) is 14.8. The second-order valence-electron chi connectivity index (χ2n) is 3.62. The molecule has 0 fully saturated rings. The summed E-state index contributed by atoms with van der Waals surface area (Å²) in [6, 6.07) is 4.72. The van der Waals surface area contributed by atoms with E-state index in [0.717, 1.165) is 18.3 Å². The smallest absolute Gasteiger partial charge is 0.406 e. The highest BCUT2D eigenvalue weighted by Crippen LogP contribution is 2.25. The lowest BCUT2D eigenvalue weighted by Crippen LogP contribution is -2.17. The summed E-state index contributed by atoms with van der Waals surface area (Å²) in [5, 5.41) is 2.56. The summed E-state index contributed by atoms with van der Waals surface area (Å²) >= 11 is 0. The van der Waals surface area contributed by atoms with Crippen molar-refractivity contribution < 1.29 is 22.3 Å². The summed E-state index contributed by atoms with van der Waals surface area (Å²) in [4.78, 5) is 7.06. The van der Waals surface area contributed by atoms with Gasteiger partial charge in [-0.2, -0.15) is 4.98 Å². The first-order chi connectivity index (χ1) is 9.33. The predicted molar refractivity (Wildman–Crippen MR) is 62.8 cm³/mol. The molecule has 2 aromatic rings. The molecule has 0 atom stereocenters. The molecule has 20 heavy (non-hydrogen) atoms. The summed E-state index contributed by atoms with van der Waals surface area (Å²) < 4.78 is 52.9. The molecule has 0 bridgehead atoms. The first-order valence-corrected chi connectivity index (χ1v) is 5.24. The van der Waals surface area contributed by atoms with Crippen LogP contribution < -0.4 is 15.8 Å². The molecule has 0 amide bonds. The average molecular weight is 288 g/mol. The Balaban J connectivity index is 2.13.